The maximum absolute atomic E-state index is 6.14. The van der Waals surface area contributed by atoms with E-state index in [-0.39, 0.29) is 6.04 Å². The van der Waals surface area contributed by atoms with Gasteiger partial charge in [-0.3, -0.25) is 0 Å². The fourth-order valence-electron chi connectivity index (χ4n) is 1.52. The molecule has 4 heteroatoms. The molecule has 0 radical (unpaired) electrons. The van der Waals surface area contributed by atoms with Crippen molar-refractivity contribution >= 4 is 15.9 Å². The second kappa shape index (κ2) is 4.72. The van der Waals surface area contributed by atoms with Crippen LogP contribution in [0.3, 0.4) is 0 Å². The summed E-state index contributed by atoms with van der Waals surface area (Å²) in [4.78, 5) is 0. The average molecular weight is 282 g/mol. The Bertz CT molecular complexity index is 468. The second-order valence-electron chi connectivity index (χ2n) is 3.42. The van der Waals surface area contributed by atoms with Gasteiger partial charge >= 0.3 is 0 Å². The van der Waals surface area contributed by atoms with Gasteiger partial charge in [0.15, 0.2) is 0 Å². The SMILES string of the molecule is COc1ccc(Br)c(C(N)c2ccoc2)c1. The molecule has 3 nitrogen and oxygen atoms in total. The molecule has 0 fully saturated rings. The standard InChI is InChI=1S/C12H12BrNO2/c1-15-9-2-3-11(13)10(6-9)12(14)8-4-5-16-7-8/h2-7,12H,14H2,1H3. The Morgan fingerprint density at radius 1 is 1.38 bits per heavy atom. The number of hydrogen-bond donors (Lipinski definition) is 1. The molecule has 1 atom stereocenters. The number of hydrogen-bond acceptors (Lipinski definition) is 3. The lowest BCUT2D eigenvalue weighted by atomic mass is 10.0. The van der Waals surface area contributed by atoms with Gasteiger partial charge in [0.1, 0.15) is 5.75 Å². The van der Waals surface area contributed by atoms with Crippen molar-refractivity contribution in [3.8, 4) is 5.75 Å². The monoisotopic (exact) mass is 281 g/mol. The molecule has 1 aromatic carbocycles. The van der Waals surface area contributed by atoms with Crippen LogP contribution in [0.2, 0.25) is 0 Å². The minimum absolute atomic E-state index is 0.219. The highest BCUT2D eigenvalue weighted by Gasteiger charge is 2.14. The molecule has 0 saturated carbocycles. The van der Waals surface area contributed by atoms with Gasteiger partial charge < -0.3 is 14.9 Å². The predicted octanol–water partition coefficient (Wildman–Crippen LogP) is 3.10. The normalized spacial score (nSPS) is 12.4. The van der Waals surface area contributed by atoms with E-state index in [9.17, 15) is 0 Å². The van der Waals surface area contributed by atoms with Crippen LogP contribution in [0.15, 0.2) is 45.7 Å². The van der Waals surface area contributed by atoms with Gasteiger partial charge in [-0.25, -0.2) is 0 Å². The van der Waals surface area contributed by atoms with E-state index in [0.29, 0.717) is 0 Å². The highest BCUT2D eigenvalue weighted by Crippen LogP contribution is 2.30. The number of halogens is 1. The van der Waals surface area contributed by atoms with Gasteiger partial charge in [-0.1, -0.05) is 15.9 Å². The van der Waals surface area contributed by atoms with Crippen LogP contribution in [-0.4, -0.2) is 7.11 Å². The van der Waals surface area contributed by atoms with Gasteiger partial charge in [0.05, 0.1) is 25.7 Å². The van der Waals surface area contributed by atoms with E-state index in [1.54, 1.807) is 19.6 Å². The topological polar surface area (TPSA) is 48.4 Å². The highest BCUT2D eigenvalue weighted by molar-refractivity contribution is 9.10. The average Bonchev–Trinajstić information content (AvgIpc) is 2.82. The zero-order valence-corrected chi connectivity index (χ0v) is 10.4. The smallest absolute Gasteiger partial charge is 0.119 e. The Morgan fingerprint density at radius 2 is 2.19 bits per heavy atom. The largest absolute Gasteiger partial charge is 0.497 e. The summed E-state index contributed by atoms with van der Waals surface area (Å²) < 4.78 is 11.2. The van der Waals surface area contributed by atoms with Gasteiger partial charge in [-0.15, -0.1) is 0 Å². The van der Waals surface area contributed by atoms with Crippen molar-refractivity contribution in [1.82, 2.24) is 0 Å². The van der Waals surface area contributed by atoms with Gasteiger partial charge in [0.25, 0.3) is 0 Å². The highest BCUT2D eigenvalue weighted by atomic mass is 79.9. The van der Waals surface area contributed by atoms with Crippen LogP contribution in [0.4, 0.5) is 0 Å². The van der Waals surface area contributed by atoms with E-state index < -0.39 is 0 Å². The molecule has 2 N–H and O–H groups in total. The number of furan rings is 1. The van der Waals surface area contributed by atoms with Crippen LogP contribution in [0.25, 0.3) is 0 Å². The summed E-state index contributed by atoms with van der Waals surface area (Å²) in [7, 11) is 1.64. The Balaban J connectivity index is 2.39. The van der Waals surface area contributed by atoms with Crippen LogP contribution < -0.4 is 10.5 Å². The number of benzene rings is 1. The molecule has 1 aromatic heterocycles. The van der Waals surface area contributed by atoms with Crippen molar-refractivity contribution in [2.75, 3.05) is 7.11 Å². The maximum atomic E-state index is 6.14. The summed E-state index contributed by atoms with van der Waals surface area (Å²) in [6.45, 7) is 0. The molecule has 1 unspecified atom stereocenters. The fraction of sp³-hybridized carbons (Fsp3) is 0.167. The molecule has 0 saturated heterocycles. The molecule has 1 heterocycles. The first-order valence-corrected chi connectivity index (χ1v) is 5.63. The Kier molecular flexibility index (Phi) is 3.31. The molecule has 0 aliphatic heterocycles. The van der Waals surface area contributed by atoms with Gasteiger partial charge in [0.2, 0.25) is 0 Å². The molecule has 0 aliphatic rings. The van der Waals surface area contributed by atoms with Crippen molar-refractivity contribution < 1.29 is 9.15 Å². The second-order valence-corrected chi connectivity index (χ2v) is 4.28. The third-order valence-electron chi connectivity index (χ3n) is 2.44. The molecule has 0 bridgehead atoms. The van der Waals surface area contributed by atoms with E-state index in [1.165, 1.54) is 0 Å². The third kappa shape index (κ3) is 2.13. The molecule has 2 rings (SSSR count). The first kappa shape index (κ1) is 11.2. The van der Waals surface area contributed by atoms with E-state index in [0.717, 1.165) is 21.3 Å². The molecule has 0 aliphatic carbocycles. The number of rotatable bonds is 3. The van der Waals surface area contributed by atoms with E-state index in [2.05, 4.69) is 15.9 Å². The van der Waals surface area contributed by atoms with E-state index >= 15 is 0 Å². The summed E-state index contributed by atoms with van der Waals surface area (Å²) in [6.07, 6.45) is 3.26. The number of ether oxygens (including phenoxy) is 1. The van der Waals surface area contributed by atoms with Gasteiger partial charge in [0, 0.05) is 10.0 Å². The molecular weight excluding hydrogens is 270 g/mol. The summed E-state index contributed by atoms with van der Waals surface area (Å²) >= 11 is 3.48. The van der Waals surface area contributed by atoms with Crippen LogP contribution >= 0.6 is 15.9 Å². The molecule has 0 spiro atoms. The van der Waals surface area contributed by atoms with Gasteiger partial charge in [-0.05, 0) is 29.8 Å². The number of methoxy groups -OCH3 is 1. The van der Waals surface area contributed by atoms with E-state index in [1.807, 2.05) is 24.3 Å². The number of nitrogens with two attached hydrogens (primary N) is 1. The Hall–Kier alpha value is -1.26. The maximum Gasteiger partial charge on any atom is 0.119 e. The summed E-state index contributed by atoms with van der Waals surface area (Å²) in [6, 6.07) is 7.37. The fourth-order valence-corrected chi connectivity index (χ4v) is 2.01. The molecule has 2 aromatic rings. The first-order chi connectivity index (χ1) is 7.72. The zero-order chi connectivity index (χ0) is 11.5. The van der Waals surface area contributed by atoms with Crippen molar-refractivity contribution in [2.24, 2.45) is 5.73 Å². The van der Waals surface area contributed by atoms with Crippen molar-refractivity contribution in [1.29, 1.82) is 0 Å². The minimum atomic E-state index is -0.219. The predicted molar refractivity (Wildman–Crippen MR) is 65.4 cm³/mol. The molecule has 0 amide bonds. The minimum Gasteiger partial charge on any atom is -0.497 e. The lowest BCUT2D eigenvalue weighted by molar-refractivity contribution is 0.414. The van der Waals surface area contributed by atoms with Crippen LogP contribution in [-0.2, 0) is 0 Å². The van der Waals surface area contributed by atoms with Crippen LogP contribution in [0.1, 0.15) is 17.2 Å². The van der Waals surface area contributed by atoms with Crippen LogP contribution in [0.5, 0.6) is 5.75 Å². The van der Waals surface area contributed by atoms with E-state index in [4.69, 9.17) is 14.9 Å². The first-order valence-electron chi connectivity index (χ1n) is 4.83. The summed E-state index contributed by atoms with van der Waals surface area (Å²) in [5.41, 5.74) is 8.05. The lowest BCUT2D eigenvalue weighted by Gasteiger charge is -2.13. The molecular formula is C12H12BrNO2. The quantitative estimate of drug-likeness (QED) is 0.941. The van der Waals surface area contributed by atoms with Gasteiger partial charge in [-0.2, -0.15) is 0 Å². The summed E-state index contributed by atoms with van der Waals surface area (Å²) in [5.74, 6) is 0.789. The third-order valence-corrected chi connectivity index (χ3v) is 3.16. The van der Waals surface area contributed by atoms with Crippen LogP contribution in [0, 0.1) is 0 Å². The lowest BCUT2D eigenvalue weighted by Crippen LogP contribution is -2.11. The Labute approximate surface area is 102 Å². The van der Waals surface area contributed by atoms with Crippen molar-refractivity contribution in [2.45, 2.75) is 6.04 Å². The Morgan fingerprint density at radius 3 is 2.81 bits per heavy atom. The van der Waals surface area contributed by atoms with Crippen molar-refractivity contribution in [3.63, 3.8) is 0 Å². The molecule has 16 heavy (non-hydrogen) atoms. The zero-order valence-electron chi connectivity index (χ0n) is 8.81. The molecule has 84 valence electrons. The summed E-state index contributed by atoms with van der Waals surface area (Å²) in [5, 5.41) is 0. The van der Waals surface area contributed by atoms with Crippen molar-refractivity contribution in [3.05, 3.63) is 52.4 Å².